The van der Waals surface area contributed by atoms with Crippen molar-refractivity contribution in [3.63, 3.8) is 0 Å². The normalized spacial score (nSPS) is 19.3. The van der Waals surface area contributed by atoms with Crippen LogP contribution in [0.2, 0.25) is 0 Å². The van der Waals surface area contributed by atoms with E-state index in [1.165, 1.54) is 0 Å². The Labute approximate surface area is 146 Å². The third-order valence-corrected chi connectivity index (χ3v) is 4.36. The van der Waals surface area contributed by atoms with Crippen molar-refractivity contribution in [1.82, 2.24) is 15.3 Å². The van der Waals surface area contributed by atoms with E-state index >= 15 is 0 Å². The zero-order valence-electron chi connectivity index (χ0n) is 14.5. The monoisotopic (exact) mass is 349 g/mol. The number of hydrogen-bond donors (Lipinski definition) is 1. The molecule has 2 aliphatic heterocycles. The summed E-state index contributed by atoms with van der Waals surface area (Å²) in [4.78, 5) is 54.4. The third kappa shape index (κ3) is 4.37. The lowest BCUT2D eigenvalue weighted by Gasteiger charge is -2.34. The summed E-state index contributed by atoms with van der Waals surface area (Å²) in [5.41, 5.74) is -1.03. The van der Waals surface area contributed by atoms with Gasteiger partial charge in [-0.2, -0.15) is 0 Å². The third-order valence-electron chi connectivity index (χ3n) is 4.36. The fourth-order valence-electron chi connectivity index (χ4n) is 2.90. The van der Waals surface area contributed by atoms with Gasteiger partial charge >= 0.3 is 5.97 Å². The van der Waals surface area contributed by atoms with Crippen LogP contribution >= 0.6 is 0 Å². The molecule has 0 aliphatic carbocycles. The zero-order chi connectivity index (χ0) is 18.6. The number of imide groups is 1. The first-order chi connectivity index (χ1) is 11.8. The molecule has 2 rings (SSSR count). The average molecular weight is 349 g/mol. The Morgan fingerprint density at radius 1 is 1.24 bits per heavy atom. The molecule has 0 aromatic rings. The van der Waals surface area contributed by atoms with Gasteiger partial charge in [-0.3, -0.25) is 19.7 Å². The fourth-order valence-corrected chi connectivity index (χ4v) is 2.90. The smallest absolute Gasteiger partial charge is 0.330 e. The lowest BCUT2D eigenvalue weighted by molar-refractivity contribution is -0.204. The van der Waals surface area contributed by atoms with Gasteiger partial charge in [0.15, 0.2) is 0 Å². The van der Waals surface area contributed by atoms with Crippen LogP contribution in [0.25, 0.3) is 0 Å². The molecule has 2 fully saturated rings. The Morgan fingerprint density at radius 2 is 1.88 bits per heavy atom. The summed E-state index contributed by atoms with van der Waals surface area (Å²) in [6.45, 7) is 4.13. The summed E-state index contributed by atoms with van der Waals surface area (Å²) in [6.07, 6.45) is 6.42. The molecule has 8 heteroatoms. The molecule has 136 valence electrons. The van der Waals surface area contributed by atoms with Crippen LogP contribution in [0.5, 0.6) is 0 Å². The van der Waals surface area contributed by atoms with Crippen LogP contribution in [0.4, 0.5) is 0 Å². The lowest BCUT2D eigenvalue weighted by Crippen LogP contribution is -2.50. The summed E-state index contributed by atoms with van der Waals surface area (Å²) in [6, 6.07) is 0. The van der Waals surface area contributed by atoms with E-state index in [1.807, 2.05) is 0 Å². The Kier molecular flexibility index (Phi) is 5.80. The van der Waals surface area contributed by atoms with Gasteiger partial charge in [0, 0.05) is 25.8 Å². The van der Waals surface area contributed by atoms with Gasteiger partial charge in [-0.05, 0) is 26.7 Å². The largest absolute Gasteiger partial charge is 0.338 e. The second-order valence-electron chi connectivity index (χ2n) is 6.84. The van der Waals surface area contributed by atoms with Gasteiger partial charge in [-0.1, -0.05) is 5.92 Å². The highest BCUT2D eigenvalue weighted by atomic mass is 16.7. The van der Waals surface area contributed by atoms with Gasteiger partial charge < -0.3 is 9.74 Å². The van der Waals surface area contributed by atoms with Crippen molar-refractivity contribution in [2.75, 3.05) is 13.1 Å². The van der Waals surface area contributed by atoms with Crippen LogP contribution < -0.4 is 5.32 Å². The fraction of sp³-hybridized carbons (Fsp3) is 0.647. The maximum Gasteiger partial charge on any atom is 0.338 e. The molecule has 0 aromatic heterocycles. The number of rotatable bonds is 7. The molecule has 2 heterocycles. The second-order valence-corrected chi connectivity index (χ2v) is 6.84. The summed E-state index contributed by atoms with van der Waals surface area (Å²) < 4.78 is 0. The topological polar surface area (TPSA) is 96.0 Å². The first-order valence-electron chi connectivity index (χ1n) is 8.31. The molecule has 2 aliphatic rings. The van der Waals surface area contributed by atoms with Crippen LogP contribution in [0.1, 0.15) is 46.0 Å². The minimum atomic E-state index is -1.03. The lowest BCUT2D eigenvalue weighted by atomic mass is 9.87. The molecule has 1 atom stereocenters. The van der Waals surface area contributed by atoms with Crippen molar-refractivity contribution < 1.29 is 24.0 Å². The van der Waals surface area contributed by atoms with Gasteiger partial charge in [0.25, 0.3) is 11.8 Å². The molecular weight excluding hydrogens is 326 g/mol. The molecule has 2 saturated heterocycles. The van der Waals surface area contributed by atoms with E-state index in [4.69, 9.17) is 11.3 Å². The van der Waals surface area contributed by atoms with E-state index in [0.29, 0.717) is 18.0 Å². The van der Waals surface area contributed by atoms with E-state index in [2.05, 4.69) is 11.2 Å². The first kappa shape index (κ1) is 18.9. The summed E-state index contributed by atoms with van der Waals surface area (Å²) in [7, 11) is 0. The standard InChI is InChI=1S/C17H23N3O5/c1-4-9-18-12(19-10-5-6-13(19)21)11-17(2,3)16(24)25-20-14(22)7-8-15(20)23/h1,12,18H,5-11H2,2-3H3. The highest BCUT2D eigenvalue weighted by molar-refractivity contribution is 6.01. The first-order valence-corrected chi connectivity index (χ1v) is 8.31. The highest BCUT2D eigenvalue weighted by Crippen LogP contribution is 2.29. The second kappa shape index (κ2) is 7.66. The predicted molar refractivity (Wildman–Crippen MR) is 87.1 cm³/mol. The number of nitrogens with one attached hydrogen (secondary N) is 1. The van der Waals surface area contributed by atoms with Crippen LogP contribution in [-0.4, -0.2) is 52.9 Å². The van der Waals surface area contributed by atoms with Crippen LogP contribution in [-0.2, 0) is 24.0 Å². The van der Waals surface area contributed by atoms with E-state index in [0.717, 1.165) is 6.42 Å². The maximum atomic E-state index is 12.5. The van der Waals surface area contributed by atoms with Gasteiger partial charge in [0.2, 0.25) is 5.91 Å². The molecule has 8 nitrogen and oxygen atoms in total. The minimum Gasteiger partial charge on any atom is -0.330 e. The molecule has 25 heavy (non-hydrogen) atoms. The van der Waals surface area contributed by atoms with E-state index < -0.39 is 29.4 Å². The van der Waals surface area contributed by atoms with Gasteiger partial charge in [0.1, 0.15) is 0 Å². The Hall–Kier alpha value is -2.40. The van der Waals surface area contributed by atoms with Crippen molar-refractivity contribution in [2.45, 2.75) is 52.1 Å². The van der Waals surface area contributed by atoms with Gasteiger partial charge in [-0.15, -0.1) is 11.5 Å². The average Bonchev–Trinajstić information content (AvgIpc) is 3.11. The number of hydrogen-bond acceptors (Lipinski definition) is 6. The summed E-state index contributed by atoms with van der Waals surface area (Å²) >= 11 is 0. The van der Waals surface area contributed by atoms with Crippen molar-refractivity contribution in [1.29, 1.82) is 0 Å². The summed E-state index contributed by atoms with van der Waals surface area (Å²) in [5.74, 6) is 0.719. The molecule has 0 bridgehead atoms. The number of nitrogens with zero attached hydrogens (tertiary/aromatic N) is 2. The Bertz CT molecular complexity index is 606. The molecule has 0 saturated carbocycles. The molecule has 1 N–H and O–H groups in total. The van der Waals surface area contributed by atoms with Crippen molar-refractivity contribution in [3.05, 3.63) is 0 Å². The Morgan fingerprint density at radius 3 is 2.40 bits per heavy atom. The number of hydroxylamine groups is 2. The van der Waals surface area contributed by atoms with Gasteiger partial charge in [-0.25, -0.2) is 4.79 Å². The summed E-state index contributed by atoms with van der Waals surface area (Å²) in [5, 5.41) is 3.61. The van der Waals surface area contributed by atoms with Crippen molar-refractivity contribution in [2.24, 2.45) is 5.41 Å². The van der Waals surface area contributed by atoms with E-state index in [-0.39, 0.29) is 31.7 Å². The highest BCUT2D eigenvalue weighted by Gasteiger charge is 2.41. The van der Waals surface area contributed by atoms with Crippen LogP contribution in [0.15, 0.2) is 0 Å². The number of carbonyl (C=O) groups is 4. The van der Waals surface area contributed by atoms with E-state index in [1.54, 1.807) is 18.7 Å². The van der Waals surface area contributed by atoms with Crippen molar-refractivity contribution in [3.8, 4) is 12.3 Å². The minimum absolute atomic E-state index is 0.00332. The Balaban J connectivity index is 2.05. The van der Waals surface area contributed by atoms with Gasteiger partial charge in [0.05, 0.1) is 18.1 Å². The maximum absolute atomic E-state index is 12.5. The van der Waals surface area contributed by atoms with Crippen LogP contribution in [0, 0.1) is 17.8 Å². The SMILES string of the molecule is C#CCNC(CC(C)(C)C(=O)ON1C(=O)CCC1=O)N1CCCC1=O. The number of amides is 3. The van der Waals surface area contributed by atoms with E-state index in [9.17, 15) is 19.2 Å². The molecule has 1 unspecified atom stereocenters. The van der Waals surface area contributed by atoms with Crippen molar-refractivity contribution >= 4 is 23.7 Å². The predicted octanol–water partition coefficient (Wildman–Crippen LogP) is 0.181. The molecular formula is C17H23N3O5. The number of likely N-dealkylation sites (tertiary alicyclic amines) is 1. The molecule has 0 radical (unpaired) electrons. The number of terminal acetylenes is 1. The quantitative estimate of drug-likeness (QED) is 0.520. The number of carbonyl (C=O) groups excluding carboxylic acids is 4. The van der Waals surface area contributed by atoms with Crippen LogP contribution in [0.3, 0.4) is 0 Å². The molecule has 0 aromatic carbocycles. The zero-order valence-corrected chi connectivity index (χ0v) is 14.5. The molecule has 3 amide bonds. The molecule has 0 spiro atoms.